The van der Waals surface area contributed by atoms with E-state index in [0.717, 1.165) is 5.69 Å². The Kier molecular flexibility index (Phi) is 4.71. The Balaban J connectivity index is 2.80. The van der Waals surface area contributed by atoms with Gasteiger partial charge in [-0.3, -0.25) is 5.41 Å². The average molecular weight is 224 g/mol. The van der Waals surface area contributed by atoms with Crippen LogP contribution in [-0.4, -0.2) is 24.1 Å². The van der Waals surface area contributed by atoms with Gasteiger partial charge in [-0.1, -0.05) is 0 Å². The van der Waals surface area contributed by atoms with E-state index in [4.69, 9.17) is 17.0 Å². The third-order valence-electron chi connectivity index (χ3n) is 2.12. The van der Waals surface area contributed by atoms with E-state index in [1.54, 1.807) is 18.2 Å². The summed E-state index contributed by atoms with van der Waals surface area (Å²) in [5.74, 6) is 4.87. The average Bonchev–Trinajstić information content (AvgIpc) is 2.29. The SMILES string of the molecule is N=C(N)c1ccc(NCCON)c(CO)c1. The molecule has 6 nitrogen and oxygen atoms in total. The summed E-state index contributed by atoms with van der Waals surface area (Å²) in [6, 6.07) is 5.15. The molecule has 1 aromatic carbocycles. The van der Waals surface area contributed by atoms with Crippen LogP contribution in [0.4, 0.5) is 5.69 Å². The molecule has 0 aliphatic rings. The van der Waals surface area contributed by atoms with Gasteiger partial charge >= 0.3 is 0 Å². The van der Waals surface area contributed by atoms with Gasteiger partial charge in [-0.05, 0) is 18.2 Å². The summed E-state index contributed by atoms with van der Waals surface area (Å²) in [4.78, 5) is 4.42. The van der Waals surface area contributed by atoms with Gasteiger partial charge in [0.05, 0.1) is 13.2 Å². The zero-order chi connectivity index (χ0) is 12.0. The highest BCUT2D eigenvalue weighted by atomic mass is 16.6. The number of nitrogen functional groups attached to an aromatic ring is 1. The molecule has 0 heterocycles. The van der Waals surface area contributed by atoms with Crippen LogP contribution in [0.5, 0.6) is 0 Å². The molecule has 0 saturated heterocycles. The second-order valence-electron chi connectivity index (χ2n) is 3.24. The fraction of sp³-hybridized carbons (Fsp3) is 0.300. The molecule has 0 atom stereocenters. The molecule has 7 N–H and O–H groups in total. The van der Waals surface area contributed by atoms with Gasteiger partial charge in [-0.2, -0.15) is 0 Å². The van der Waals surface area contributed by atoms with Gasteiger partial charge in [0.15, 0.2) is 0 Å². The minimum Gasteiger partial charge on any atom is -0.392 e. The Morgan fingerprint density at radius 2 is 2.25 bits per heavy atom. The number of rotatable bonds is 6. The molecule has 0 aliphatic heterocycles. The number of aliphatic hydroxyl groups excluding tert-OH is 1. The van der Waals surface area contributed by atoms with Crippen LogP contribution in [0, 0.1) is 5.41 Å². The molecular formula is C10H16N4O2. The van der Waals surface area contributed by atoms with E-state index in [1.807, 2.05) is 0 Å². The highest BCUT2D eigenvalue weighted by Gasteiger charge is 2.04. The lowest BCUT2D eigenvalue weighted by Crippen LogP contribution is -2.15. The van der Waals surface area contributed by atoms with Crippen molar-refractivity contribution in [1.29, 1.82) is 5.41 Å². The first-order chi connectivity index (χ1) is 7.69. The van der Waals surface area contributed by atoms with Crippen LogP contribution in [0.3, 0.4) is 0 Å². The largest absolute Gasteiger partial charge is 0.392 e. The minimum atomic E-state index is -0.118. The first kappa shape index (κ1) is 12.4. The van der Waals surface area contributed by atoms with E-state index in [-0.39, 0.29) is 12.4 Å². The van der Waals surface area contributed by atoms with E-state index in [2.05, 4.69) is 10.2 Å². The lowest BCUT2D eigenvalue weighted by atomic mass is 10.1. The summed E-state index contributed by atoms with van der Waals surface area (Å²) in [7, 11) is 0. The number of hydrogen-bond acceptors (Lipinski definition) is 5. The van der Waals surface area contributed by atoms with Gasteiger partial charge in [-0.15, -0.1) is 0 Å². The van der Waals surface area contributed by atoms with E-state index < -0.39 is 0 Å². The summed E-state index contributed by atoms with van der Waals surface area (Å²) in [6.07, 6.45) is 0. The number of nitrogens with two attached hydrogens (primary N) is 2. The van der Waals surface area contributed by atoms with Gasteiger partial charge < -0.3 is 21.0 Å². The van der Waals surface area contributed by atoms with Crippen LogP contribution in [0.15, 0.2) is 18.2 Å². The Hall–Kier alpha value is -1.63. The van der Waals surface area contributed by atoms with Crippen molar-refractivity contribution in [2.45, 2.75) is 6.61 Å². The molecule has 1 aromatic rings. The summed E-state index contributed by atoms with van der Waals surface area (Å²) in [5.41, 5.74) is 7.41. The summed E-state index contributed by atoms with van der Waals surface area (Å²) in [6.45, 7) is 0.801. The zero-order valence-electron chi connectivity index (χ0n) is 8.86. The topological polar surface area (TPSA) is 117 Å². The summed E-state index contributed by atoms with van der Waals surface area (Å²) >= 11 is 0. The molecule has 0 unspecified atom stereocenters. The molecule has 0 bridgehead atoms. The highest BCUT2D eigenvalue weighted by molar-refractivity contribution is 5.95. The number of amidine groups is 1. The second-order valence-corrected chi connectivity index (χ2v) is 3.24. The van der Waals surface area contributed by atoms with Crippen molar-refractivity contribution in [3.63, 3.8) is 0 Å². The lowest BCUT2D eigenvalue weighted by molar-refractivity contribution is 0.148. The Bertz CT molecular complexity index is 368. The van der Waals surface area contributed by atoms with Gasteiger partial charge in [0, 0.05) is 23.4 Å². The zero-order valence-corrected chi connectivity index (χ0v) is 8.86. The first-order valence-electron chi connectivity index (χ1n) is 4.82. The molecule has 88 valence electrons. The predicted octanol–water partition coefficient (Wildman–Crippen LogP) is -0.235. The quantitative estimate of drug-likeness (QED) is 0.198. The van der Waals surface area contributed by atoms with E-state index >= 15 is 0 Å². The maximum atomic E-state index is 9.17. The fourth-order valence-electron chi connectivity index (χ4n) is 1.31. The second kappa shape index (κ2) is 6.06. The van der Waals surface area contributed by atoms with Crippen LogP contribution in [0.2, 0.25) is 0 Å². The van der Waals surface area contributed by atoms with Gasteiger partial charge in [-0.25, -0.2) is 5.90 Å². The first-order valence-corrected chi connectivity index (χ1v) is 4.82. The standard InChI is InChI=1S/C10H16N4O2/c11-10(12)7-1-2-9(8(5-7)6-15)14-3-4-16-13/h1-2,5,14-15H,3-4,6,13H2,(H3,11,12). The molecule has 0 aromatic heterocycles. The molecule has 0 spiro atoms. The number of aliphatic hydroxyl groups is 1. The van der Waals surface area contributed by atoms with Crippen molar-refractivity contribution >= 4 is 11.5 Å². The van der Waals surface area contributed by atoms with Crippen LogP contribution in [-0.2, 0) is 11.4 Å². The number of anilines is 1. The van der Waals surface area contributed by atoms with E-state index in [9.17, 15) is 5.11 Å². The molecule has 0 saturated carbocycles. The predicted molar refractivity (Wildman–Crippen MR) is 62.0 cm³/mol. The molecule has 6 heteroatoms. The summed E-state index contributed by atoms with van der Waals surface area (Å²) < 4.78 is 0. The minimum absolute atomic E-state index is 0.0217. The molecule has 0 radical (unpaired) electrons. The maximum absolute atomic E-state index is 9.17. The molecule has 0 amide bonds. The van der Waals surface area contributed by atoms with Crippen molar-refractivity contribution < 1.29 is 9.94 Å². The third kappa shape index (κ3) is 3.20. The van der Waals surface area contributed by atoms with Crippen molar-refractivity contribution in [3.8, 4) is 0 Å². The molecule has 0 fully saturated rings. The molecule has 0 aliphatic carbocycles. The lowest BCUT2D eigenvalue weighted by Gasteiger charge is -2.11. The van der Waals surface area contributed by atoms with Crippen LogP contribution >= 0.6 is 0 Å². The van der Waals surface area contributed by atoms with Crippen molar-refractivity contribution in [3.05, 3.63) is 29.3 Å². The molecular weight excluding hydrogens is 208 g/mol. The smallest absolute Gasteiger partial charge is 0.122 e. The highest BCUT2D eigenvalue weighted by Crippen LogP contribution is 2.17. The molecule has 1 rings (SSSR count). The van der Waals surface area contributed by atoms with E-state index in [1.165, 1.54) is 0 Å². The monoisotopic (exact) mass is 224 g/mol. The Labute approximate surface area is 93.7 Å². The summed E-state index contributed by atoms with van der Waals surface area (Å²) in [5, 5.41) is 19.5. The van der Waals surface area contributed by atoms with Crippen LogP contribution in [0.25, 0.3) is 0 Å². The fourth-order valence-corrected chi connectivity index (χ4v) is 1.31. The Morgan fingerprint density at radius 3 is 2.81 bits per heavy atom. The van der Waals surface area contributed by atoms with Gasteiger partial charge in [0.1, 0.15) is 5.84 Å². The molecule has 16 heavy (non-hydrogen) atoms. The number of benzene rings is 1. The van der Waals surface area contributed by atoms with Crippen LogP contribution < -0.4 is 16.9 Å². The van der Waals surface area contributed by atoms with Crippen molar-refractivity contribution in [1.82, 2.24) is 0 Å². The Morgan fingerprint density at radius 1 is 1.50 bits per heavy atom. The normalized spacial score (nSPS) is 10.1. The van der Waals surface area contributed by atoms with Crippen molar-refractivity contribution in [2.75, 3.05) is 18.5 Å². The maximum Gasteiger partial charge on any atom is 0.122 e. The third-order valence-corrected chi connectivity index (χ3v) is 2.12. The van der Waals surface area contributed by atoms with Gasteiger partial charge in [0.25, 0.3) is 0 Å². The van der Waals surface area contributed by atoms with Crippen molar-refractivity contribution in [2.24, 2.45) is 11.6 Å². The van der Waals surface area contributed by atoms with E-state index in [0.29, 0.717) is 24.3 Å². The number of nitrogens with one attached hydrogen (secondary N) is 2. The van der Waals surface area contributed by atoms with Crippen LogP contribution in [0.1, 0.15) is 11.1 Å². The van der Waals surface area contributed by atoms with Gasteiger partial charge in [0.2, 0.25) is 0 Å². The number of hydrogen-bond donors (Lipinski definition) is 5.